The van der Waals surface area contributed by atoms with Crippen molar-refractivity contribution >= 4 is 39.2 Å². The van der Waals surface area contributed by atoms with Crippen LogP contribution in [0, 0.1) is 0 Å². The molecule has 0 spiro atoms. The highest BCUT2D eigenvalue weighted by Crippen LogP contribution is 2.37. The Morgan fingerprint density at radius 1 is 1.09 bits per heavy atom. The van der Waals surface area contributed by atoms with E-state index in [9.17, 15) is 0 Å². The summed E-state index contributed by atoms with van der Waals surface area (Å²) >= 11 is 3.67. The van der Waals surface area contributed by atoms with Crippen molar-refractivity contribution in [1.82, 2.24) is 10.3 Å². The molecule has 0 fully saturated rings. The number of aromatic nitrogens is 1. The van der Waals surface area contributed by atoms with Gasteiger partial charge >= 0.3 is 0 Å². The highest BCUT2D eigenvalue weighted by Gasteiger charge is 2.24. The fraction of sp³-hybridized carbons (Fsp3) is 0.263. The summed E-state index contributed by atoms with van der Waals surface area (Å²) in [6.07, 6.45) is 3.62. The molecule has 2 aromatic carbocycles. The van der Waals surface area contributed by atoms with Crippen LogP contribution >= 0.6 is 28.3 Å². The Kier molecular flexibility index (Phi) is 5.10. The van der Waals surface area contributed by atoms with E-state index in [1.54, 1.807) is 0 Å². The number of rotatable bonds is 3. The molecule has 120 valence electrons. The number of halogens is 2. The van der Waals surface area contributed by atoms with E-state index in [0.29, 0.717) is 6.04 Å². The van der Waals surface area contributed by atoms with Crippen LogP contribution in [0.5, 0.6) is 0 Å². The third-order valence-electron chi connectivity index (χ3n) is 4.59. The Bertz CT molecular complexity index is 798. The molecule has 0 bridgehead atoms. The van der Waals surface area contributed by atoms with Crippen molar-refractivity contribution in [2.24, 2.45) is 0 Å². The van der Waals surface area contributed by atoms with Crippen LogP contribution in [-0.2, 0) is 13.0 Å². The van der Waals surface area contributed by atoms with E-state index in [0.717, 1.165) is 11.0 Å². The molecule has 4 rings (SSSR count). The molecule has 1 unspecified atom stereocenters. The van der Waals surface area contributed by atoms with Crippen molar-refractivity contribution < 1.29 is 0 Å². The molecule has 2 N–H and O–H groups in total. The van der Waals surface area contributed by atoms with Gasteiger partial charge in [0.05, 0.1) is 5.52 Å². The van der Waals surface area contributed by atoms with Gasteiger partial charge in [-0.3, -0.25) is 0 Å². The lowest BCUT2D eigenvalue weighted by molar-refractivity contribution is 0.452. The number of hydrogen-bond donors (Lipinski definition) is 2. The van der Waals surface area contributed by atoms with Gasteiger partial charge in [-0.25, -0.2) is 0 Å². The van der Waals surface area contributed by atoms with E-state index < -0.39 is 0 Å². The summed E-state index contributed by atoms with van der Waals surface area (Å²) in [5.41, 5.74) is 5.45. The van der Waals surface area contributed by atoms with Gasteiger partial charge in [0.15, 0.2) is 0 Å². The lowest BCUT2D eigenvalue weighted by Crippen LogP contribution is -2.24. The van der Waals surface area contributed by atoms with Gasteiger partial charge in [-0.15, -0.1) is 12.4 Å². The summed E-state index contributed by atoms with van der Waals surface area (Å²) in [7, 11) is 0. The second-order valence-electron chi connectivity index (χ2n) is 5.99. The van der Waals surface area contributed by atoms with Crippen LogP contribution in [0.3, 0.4) is 0 Å². The maximum absolute atomic E-state index is 3.73. The van der Waals surface area contributed by atoms with Crippen LogP contribution in [0.2, 0.25) is 0 Å². The molecule has 3 aromatic rings. The van der Waals surface area contributed by atoms with Crippen molar-refractivity contribution in [2.45, 2.75) is 31.8 Å². The van der Waals surface area contributed by atoms with Gasteiger partial charge in [0, 0.05) is 28.1 Å². The van der Waals surface area contributed by atoms with E-state index in [1.165, 1.54) is 47.0 Å². The Morgan fingerprint density at radius 2 is 1.91 bits per heavy atom. The molecule has 1 aromatic heterocycles. The summed E-state index contributed by atoms with van der Waals surface area (Å²) in [5.74, 6) is 0. The van der Waals surface area contributed by atoms with Gasteiger partial charge in [-0.1, -0.05) is 42.5 Å². The Hall–Kier alpha value is -1.29. The minimum atomic E-state index is 0. The molecule has 1 atom stereocenters. The van der Waals surface area contributed by atoms with Gasteiger partial charge < -0.3 is 10.3 Å². The predicted octanol–water partition coefficient (Wildman–Crippen LogP) is 5.52. The van der Waals surface area contributed by atoms with Crippen molar-refractivity contribution in [3.8, 4) is 0 Å². The zero-order valence-corrected chi connectivity index (χ0v) is 15.2. The first kappa shape index (κ1) is 16.6. The number of para-hydroxylation sites is 1. The molecule has 1 aliphatic rings. The van der Waals surface area contributed by atoms with Crippen LogP contribution in [0.1, 0.15) is 35.7 Å². The monoisotopic (exact) mass is 390 g/mol. The molecule has 0 aliphatic heterocycles. The van der Waals surface area contributed by atoms with Crippen LogP contribution < -0.4 is 5.32 Å². The van der Waals surface area contributed by atoms with Crippen LogP contribution in [0.4, 0.5) is 0 Å². The first-order valence-corrected chi connectivity index (χ1v) is 8.68. The average Bonchev–Trinajstić information content (AvgIpc) is 2.95. The number of aryl methyl sites for hydroxylation is 1. The lowest BCUT2D eigenvalue weighted by Gasteiger charge is -2.24. The number of hydrogen-bond acceptors (Lipinski definition) is 1. The number of aromatic amines is 1. The molecule has 2 nitrogen and oxygen atoms in total. The zero-order chi connectivity index (χ0) is 14.9. The maximum Gasteiger partial charge on any atom is 0.0603 e. The maximum atomic E-state index is 3.73. The Morgan fingerprint density at radius 3 is 2.74 bits per heavy atom. The standard InChI is InChI=1S/C19H19BrN2.ClH/c20-16-10-4-8-14-15-9-5-11-17(19(15)22-18(14)16)21-12-13-6-2-1-3-7-13;/h1-4,6-8,10,17,21-22H,5,9,11-12H2;1H. The molecule has 1 heterocycles. The summed E-state index contributed by atoms with van der Waals surface area (Å²) in [6, 6.07) is 17.5. The smallest absolute Gasteiger partial charge is 0.0603 e. The fourth-order valence-electron chi connectivity index (χ4n) is 3.49. The van der Waals surface area contributed by atoms with Gasteiger partial charge in [-0.05, 0) is 52.4 Å². The molecule has 1 aliphatic carbocycles. The number of H-pyrrole nitrogens is 1. The van der Waals surface area contributed by atoms with Crippen LogP contribution in [0.25, 0.3) is 10.9 Å². The van der Waals surface area contributed by atoms with E-state index in [-0.39, 0.29) is 12.4 Å². The highest BCUT2D eigenvalue weighted by molar-refractivity contribution is 9.10. The minimum Gasteiger partial charge on any atom is -0.356 e. The molecule has 0 saturated carbocycles. The second kappa shape index (κ2) is 7.08. The molecule has 0 saturated heterocycles. The third kappa shape index (κ3) is 3.18. The number of fused-ring (bicyclic) bond motifs is 3. The van der Waals surface area contributed by atoms with E-state index in [4.69, 9.17) is 0 Å². The van der Waals surface area contributed by atoms with Crippen molar-refractivity contribution in [3.05, 3.63) is 69.8 Å². The Balaban J connectivity index is 0.00000156. The number of nitrogens with one attached hydrogen (secondary N) is 2. The van der Waals surface area contributed by atoms with Gasteiger partial charge in [0.25, 0.3) is 0 Å². The first-order valence-electron chi connectivity index (χ1n) is 7.89. The summed E-state index contributed by atoms with van der Waals surface area (Å²) in [4.78, 5) is 3.66. The molecule has 0 amide bonds. The second-order valence-corrected chi connectivity index (χ2v) is 6.85. The normalized spacial score (nSPS) is 16.8. The average molecular weight is 392 g/mol. The van der Waals surface area contributed by atoms with Crippen LogP contribution in [-0.4, -0.2) is 4.98 Å². The van der Waals surface area contributed by atoms with Crippen LogP contribution in [0.15, 0.2) is 53.0 Å². The van der Waals surface area contributed by atoms with E-state index in [1.807, 2.05) is 0 Å². The molecular weight excluding hydrogens is 372 g/mol. The van der Waals surface area contributed by atoms with E-state index in [2.05, 4.69) is 74.8 Å². The highest BCUT2D eigenvalue weighted by atomic mass is 79.9. The van der Waals surface area contributed by atoms with E-state index >= 15 is 0 Å². The fourth-order valence-corrected chi connectivity index (χ4v) is 3.96. The predicted molar refractivity (Wildman–Crippen MR) is 102 cm³/mol. The van der Waals surface area contributed by atoms with Crippen molar-refractivity contribution in [1.29, 1.82) is 0 Å². The van der Waals surface area contributed by atoms with Crippen molar-refractivity contribution in [2.75, 3.05) is 0 Å². The topological polar surface area (TPSA) is 27.8 Å². The Labute approximate surface area is 151 Å². The summed E-state index contributed by atoms with van der Waals surface area (Å²) in [5, 5.41) is 5.10. The lowest BCUT2D eigenvalue weighted by atomic mass is 9.91. The summed E-state index contributed by atoms with van der Waals surface area (Å²) < 4.78 is 1.15. The molecule has 4 heteroatoms. The molecular formula is C19H20BrClN2. The quantitative estimate of drug-likeness (QED) is 0.604. The summed E-state index contributed by atoms with van der Waals surface area (Å²) in [6.45, 7) is 0.918. The molecule has 0 radical (unpaired) electrons. The molecule has 23 heavy (non-hydrogen) atoms. The minimum absolute atomic E-state index is 0. The van der Waals surface area contributed by atoms with Gasteiger partial charge in [-0.2, -0.15) is 0 Å². The third-order valence-corrected chi connectivity index (χ3v) is 5.25. The van der Waals surface area contributed by atoms with Gasteiger partial charge in [0.2, 0.25) is 0 Å². The number of benzene rings is 2. The zero-order valence-electron chi connectivity index (χ0n) is 12.8. The first-order chi connectivity index (χ1) is 10.8. The SMILES string of the molecule is Brc1cccc2c3c([nH]c12)C(NCc1ccccc1)CCC3.Cl. The van der Waals surface area contributed by atoms with Crippen molar-refractivity contribution in [3.63, 3.8) is 0 Å². The van der Waals surface area contributed by atoms with Gasteiger partial charge in [0.1, 0.15) is 0 Å². The largest absolute Gasteiger partial charge is 0.356 e.